The van der Waals surface area contributed by atoms with Crippen molar-refractivity contribution in [2.24, 2.45) is 0 Å². The Morgan fingerprint density at radius 3 is 2.77 bits per heavy atom. The number of ether oxygens (including phenoxy) is 1. The molecule has 1 aliphatic rings. The van der Waals surface area contributed by atoms with Gasteiger partial charge < -0.3 is 15.2 Å². The Kier molecular flexibility index (Phi) is 5.01. The first-order valence-corrected chi connectivity index (χ1v) is 7.84. The highest BCUT2D eigenvalue weighted by Crippen LogP contribution is 2.23. The van der Waals surface area contributed by atoms with Gasteiger partial charge in [0.05, 0.1) is 0 Å². The number of amides is 1. The first-order valence-electron chi connectivity index (χ1n) is 7.84. The summed E-state index contributed by atoms with van der Waals surface area (Å²) < 4.78 is 32.7. The predicted octanol–water partition coefficient (Wildman–Crippen LogP) is 2.73. The Morgan fingerprint density at radius 2 is 2.12 bits per heavy atom. The van der Waals surface area contributed by atoms with Crippen LogP contribution in [0.15, 0.2) is 36.9 Å². The van der Waals surface area contributed by atoms with E-state index in [0.717, 1.165) is 21.6 Å². The summed E-state index contributed by atoms with van der Waals surface area (Å²) in [5, 5.41) is 12.3. The number of aromatic nitrogens is 2. The van der Waals surface area contributed by atoms with Crippen molar-refractivity contribution in [3.05, 3.63) is 48.6 Å². The van der Waals surface area contributed by atoms with E-state index in [1.54, 1.807) is 0 Å². The molecule has 1 aliphatic heterocycles. The van der Waals surface area contributed by atoms with Crippen LogP contribution in [-0.2, 0) is 4.74 Å². The van der Waals surface area contributed by atoms with E-state index in [1.165, 1.54) is 24.8 Å². The minimum Gasteiger partial charge on any atom is -0.465 e. The summed E-state index contributed by atoms with van der Waals surface area (Å²) >= 11 is 0. The summed E-state index contributed by atoms with van der Waals surface area (Å²) in [6, 6.07) is 3.12. The van der Waals surface area contributed by atoms with Crippen LogP contribution >= 0.6 is 0 Å². The number of piperidine rings is 1. The van der Waals surface area contributed by atoms with E-state index in [4.69, 9.17) is 4.74 Å². The molecular formula is C16H16F2N4O4. The zero-order valence-electron chi connectivity index (χ0n) is 13.5. The van der Waals surface area contributed by atoms with Gasteiger partial charge in [-0.3, -0.25) is 4.90 Å². The smallest absolute Gasteiger partial charge is 0.421 e. The predicted molar refractivity (Wildman–Crippen MR) is 85.6 cm³/mol. The highest BCUT2D eigenvalue weighted by Gasteiger charge is 2.34. The van der Waals surface area contributed by atoms with Crippen molar-refractivity contribution in [3.63, 3.8) is 0 Å². The molecule has 1 aromatic carbocycles. The Hall–Kier alpha value is -3.17. The molecule has 3 rings (SSSR count). The molecular weight excluding hydrogens is 350 g/mol. The molecule has 26 heavy (non-hydrogen) atoms. The van der Waals surface area contributed by atoms with Gasteiger partial charge in [-0.05, 0) is 18.6 Å². The Labute approximate surface area is 147 Å². The van der Waals surface area contributed by atoms with Crippen LogP contribution in [0.5, 0.6) is 0 Å². The molecule has 10 heteroatoms. The maximum absolute atomic E-state index is 13.3. The lowest BCUT2D eigenvalue weighted by Gasteiger charge is -2.37. The SMILES string of the molecule is O=C(O)N1CCC(Nc2ccc(F)c(F)c2)CC1OC(=O)n1ccnc1. The van der Waals surface area contributed by atoms with Gasteiger partial charge in [0.15, 0.2) is 17.9 Å². The Morgan fingerprint density at radius 1 is 1.31 bits per heavy atom. The average Bonchev–Trinajstić information content (AvgIpc) is 3.13. The van der Waals surface area contributed by atoms with Crippen molar-refractivity contribution in [2.45, 2.75) is 25.1 Å². The second-order valence-corrected chi connectivity index (χ2v) is 5.78. The van der Waals surface area contributed by atoms with Crippen LogP contribution in [0.3, 0.4) is 0 Å². The number of nitrogens with zero attached hydrogens (tertiary/aromatic N) is 3. The molecule has 0 bridgehead atoms. The van der Waals surface area contributed by atoms with E-state index < -0.39 is 30.0 Å². The summed E-state index contributed by atoms with van der Waals surface area (Å²) in [5.41, 5.74) is 0.359. The number of anilines is 1. The first-order chi connectivity index (χ1) is 12.4. The number of benzene rings is 1. The zero-order chi connectivity index (χ0) is 18.7. The van der Waals surface area contributed by atoms with Crippen molar-refractivity contribution in [3.8, 4) is 0 Å². The summed E-state index contributed by atoms with van der Waals surface area (Å²) in [7, 11) is 0. The van der Waals surface area contributed by atoms with Crippen LogP contribution in [0.2, 0.25) is 0 Å². The molecule has 1 aromatic heterocycles. The van der Waals surface area contributed by atoms with Gasteiger partial charge in [-0.25, -0.2) is 27.9 Å². The lowest BCUT2D eigenvalue weighted by atomic mass is 10.0. The molecule has 0 saturated carbocycles. The van der Waals surface area contributed by atoms with Gasteiger partial charge in [0.1, 0.15) is 6.33 Å². The van der Waals surface area contributed by atoms with E-state index in [9.17, 15) is 23.5 Å². The second-order valence-electron chi connectivity index (χ2n) is 5.78. The number of carboxylic acid groups (broad SMARTS) is 1. The molecule has 2 heterocycles. The number of imidazole rings is 1. The number of likely N-dealkylation sites (tertiary alicyclic amines) is 1. The van der Waals surface area contributed by atoms with Crippen LogP contribution in [0.1, 0.15) is 12.8 Å². The number of rotatable bonds is 3. The normalized spacial score (nSPS) is 19.8. The van der Waals surface area contributed by atoms with E-state index in [1.807, 2.05) is 0 Å². The molecule has 1 fully saturated rings. The molecule has 2 unspecified atom stereocenters. The van der Waals surface area contributed by atoms with Gasteiger partial charge in [0, 0.05) is 43.2 Å². The van der Waals surface area contributed by atoms with Crippen LogP contribution in [0, 0.1) is 11.6 Å². The van der Waals surface area contributed by atoms with E-state index in [2.05, 4.69) is 10.3 Å². The molecule has 2 aromatic rings. The van der Waals surface area contributed by atoms with Crippen molar-refractivity contribution < 1.29 is 28.2 Å². The van der Waals surface area contributed by atoms with Crippen LogP contribution in [0.4, 0.5) is 24.1 Å². The maximum Gasteiger partial charge on any atom is 0.421 e. The minimum absolute atomic E-state index is 0.124. The first kappa shape index (κ1) is 17.6. The van der Waals surface area contributed by atoms with Crippen molar-refractivity contribution in [1.82, 2.24) is 14.5 Å². The Balaban J connectivity index is 1.69. The molecule has 1 amide bonds. The topological polar surface area (TPSA) is 96.7 Å². The van der Waals surface area contributed by atoms with Crippen LogP contribution in [0.25, 0.3) is 0 Å². The number of hydrogen-bond donors (Lipinski definition) is 2. The summed E-state index contributed by atoms with van der Waals surface area (Å²) in [4.78, 5) is 28.2. The minimum atomic E-state index is -1.21. The quantitative estimate of drug-likeness (QED) is 0.867. The van der Waals surface area contributed by atoms with Gasteiger partial charge >= 0.3 is 12.2 Å². The van der Waals surface area contributed by atoms with Crippen molar-refractivity contribution >= 4 is 17.9 Å². The fraction of sp³-hybridized carbons (Fsp3) is 0.312. The molecule has 0 radical (unpaired) electrons. The molecule has 1 saturated heterocycles. The van der Waals surface area contributed by atoms with Gasteiger partial charge in [-0.2, -0.15) is 0 Å². The van der Waals surface area contributed by atoms with Crippen molar-refractivity contribution in [1.29, 1.82) is 0 Å². The monoisotopic (exact) mass is 366 g/mol. The molecule has 8 nitrogen and oxygen atoms in total. The summed E-state index contributed by atoms with van der Waals surface area (Å²) in [5.74, 6) is -1.94. The number of carbonyl (C=O) groups is 2. The second kappa shape index (κ2) is 7.38. The maximum atomic E-state index is 13.3. The van der Waals surface area contributed by atoms with Crippen LogP contribution in [-0.4, -0.2) is 50.6 Å². The number of halogens is 2. The summed E-state index contributed by atoms with van der Waals surface area (Å²) in [6.45, 7) is 0.124. The third-order valence-electron chi connectivity index (χ3n) is 4.04. The third-order valence-corrected chi connectivity index (χ3v) is 4.04. The molecule has 0 spiro atoms. The number of nitrogens with one attached hydrogen (secondary N) is 1. The largest absolute Gasteiger partial charge is 0.465 e. The number of hydrogen-bond acceptors (Lipinski definition) is 5. The third kappa shape index (κ3) is 3.90. The van der Waals surface area contributed by atoms with Gasteiger partial charge in [0.25, 0.3) is 0 Å². The van der Waals surface area contributed by atoms with E-state index >= 15 is 0 Å². The summed E-state index contributed by atoms with van der Waals surface area (Å²) in [6.07, 6.45) is 1.62. The molecule has 0 aliphatic carbocycles. The standard InChI is InChI=1S/C16H16F2N4O4/c17-12-2-1-10(7-13(12)18)20-11-3-5-22(15(23)24)14(8-11)26-16(25)21-6-4-19-9-21/h1-2,4,6-7,9,11,14,20H,3,5,8H2,(H,23,24). The number of carbonyl (C=O) groups excluding carboxylic acids is 1. The van der Waals surface area contributed by atoms with Crippen molar-refractivity contribution in [2.75, 3.05) is 11.9 Å². The van der Waals surface area contributed by atoms with Gasteiger partial charge in [-0.1, -0.05) is 0 Å². The average molecular weight is 366 g/mol. The molecule has 2 N–H and O–H groups in total. The van der Waals surface area contributed by atoms with Gasteiger partial charge in [-0.15, -0.1) is 0 Å². The van der Waals surface area contributed by atoms with Crippen LogP contribution < -0.4 is 5.32 Å². The molecule has 2 atom stereocenters. The fourth-order valence-electron chi connectivity index (χ4n) is 2.76. The van der Waals surface area contributed by atoms with E-state index in [0.29, 0.717) is 12.1 Å². The highest BCUT2D eigenvalue weighted by molar-refractivity contribution is 5.71. The molecule has 138 valence electrons. The fourth-order valence-corrected chi connectivity index (χ4v) is 2.76. The Bertz CT molecular complexity index is 800. The lowest BCUT2D eigenvalue weighted by Crippen LogP contribution is -2.51. The highest BCUT2D eigenvalue weighted by atomic mass is 19.2. The lowest BCUT2D eigenvalue weighted by molar-refractivity contribution is -0.0269. The van der Waals surface area contributed by atoms with Gasteiger partial charge in [0.2, 0.25) is 0 Å². The van der Waals surface area contributed by atoms with E-state index in [-0.39, 0.29) is 19.0 Å². The zero-order valence-corrected chi connectivity index (χ0v) is 13.5.